The van der Waals surface area contributed by atoms with Gasteiger partial charge in [-0.1, -0.05) is 25.1 Å². The average Bonchev–Trinajstić information content (AvgIpc) is 3.23. The number of fused-ring (bicyclic) bond motifs is 1. The maximum Gasteiger partial charge on any atom is 0.407 e. The van der Waals surface area contributed by atoms with E-state index in [1.807, 2.05) is 6.07 Å². The van der Waals surface area contributed by atoms with Crippen molar-refractivity contribution in [2.75, 3.05) is 26.9 Å². The normalized spacial score (nSPS) is 15.8. The summed E-state index contributed by atoms with van der Waals surface area (Å²) in [7, 11) is -2.95. The van der Waals surface area contributed by atoms with E-state index >= 15 is 0 Å². The number of carbonyl (C=O) groups is 3. The number of para-hydroxylation sites is 1. The third kappa shape index (κ3) is 8.34. The van der Waals surface area contributed by atoms with Crippen LogP contribution in [0.25, 0.3) is 10.9 Å². The zero-order valence-corrected chi connectivity index (χ0v) is 26.8. The van der Waals surface area contributed by atoms with Crippen LogP contribution in [0.5, 0.6) is 0 Å². The molecule has 1 amide bonds. The van der Waals surface area contributed by atoms with Crippen molar-refractivity contribution in [3.8, 4) is 0 Å². The summed E-state index contributed by atoms with van der Waals surface area (Å²) in [5.74, 6) is -1.41. The lowest BCUT2D eigenvalue weighted by Gasteiger charge is -2.41. The molecule has 0 saturated carbocycles. The molecule has 3 N–H and O–H groups in total. The van der Waals surface area contributed by atoms with Crippen molar-refractivity contribution >= 4 is 36.5 Å². The predicted molar refractivity (Wildman–Crippen MR) is 157 cm³/mol. The molecule has 0 spiro atoms. The quantitative estimate of drug-likeness (QED) is 0.150. The SMILES string of the molecule is CCOP(=O)(OCC)C(C(=O)OC)c1[nH]c2ccccc2c1C[C@H](NC(=O)OC(C)(C)C)[C@@](C)(CO)C(C)OC(C)=O. The summed E-state index contributed by atoms with van der Waals surface area (Å²) in [6.07, 6.45) is -1.63. The Hall–Kier alpha value is -2.92. The lowest BCUT2D eigenvalue weighted by atomic mass is 9.75. The number of aromatic nitrogens is 1. The van der Waals surface area contributed by atoms with Gasteiger partial charge in [-0.2, -0.15) is 0 Å². The molecule has 42 heavy (non-hydrogen) atoms. The number of benzene rings is 1. The van der Waals surface area contributed by atoms with Crippen molar-refractivity contribution in [2.24, 2.45) is 5.41 Å². The number of methoxy groups -OCH3 is 1. The first-order chi connectivity index (χ1) is 19.6. The van der Waals surface area contributed by atoms with Gasteiger partial charge >= 0.3 is 25.6 Å². The second kappa shape index (κ2) is 14.5. The van der Waals surface area contributed by atoms with Crippen molar-refractivity contribution in [2.45, 2.75) is 85.2 Å². The molecule has 0 fully saturated rings. The first kappa shape index (κ1) is 35.3. The van der Waals surface area contributed by atoms with E-state index in [2.05, 4.69) is 10.3 Å². The van der Waals surface area contributed by atoms with E-state index in [1.165, 1.54) is 14.0 Å². The minimum atomic E-state index is -4.13. The van der Waals surface area contributed by atoms with E-state index in [4.69, 9.17) is 23.3 Å². The molecular weight excluding hydrogens is 567 g/mol. The van der Waals surface area contributed by atoms with Crippen LogP contribution >= 0.6 is 7.60 Å². The van der Waals surface area contributed by atoms with Crippen molar-refractivity contribution < 1.29 is 47.3 Å². The Morgan fingerprint density at radius 1 is 1.07 bits per heavy atom. The van der Waals surface area contributed by atoms with Crippen LogP contribution in [0.3, 0.4) is 0 Å². The summed E-state index contributed by atoms with van der Waals surface area (Å²) in [4.78, 5) is 41.5. The van der Waals surface area contributed by atoms with Crippen molar-refractivity contribution in [1.82, 2.24) is 10.3 Å². The maximum atomic E-state index is 14.1. The van der Waals surface area contributed by atoms with Crippen LogP contribution in [-0.4, -0.2) is 72.8 Å². The van der Waals surface area contributed by atoms with Crippen LogP contribution < -0.4 is 5.32 Å². The number of aliphatic hydroxyl groups is 1. The zero-order chi connectivity index (χ0) is 31.9. The predicted octanol–water partition coefficient (Wildman–Crippen LogP) is 5.03. The molecular formula is C29H45N2O10P. The average molecular weight is 613 g/mol. The molecule has 1 aromatic carbocycles. The van der Waals surface area contributed by atoms with Gasteiger partial charge in [-0.15, -0.1) is 0 Å². The number of ether oxygens (including phenoxy) is 3. The molecule has 0 bridgehead atoms. The molecule has 4 atom stereocenters. The van der Waals surface area contributed by atoms with Crippen molar-refractivity contribution in [1.29, 1.82) is 0 Å². The number of alkyl carbamates (subject to hydrolysis) is 1. The lowest BCUT2D eigenvalue weighted by molar-refractivity contribution is -0.155. The Morgan fingerprint density at radius 2 is 1.67 bits per heavy atom. The molecule has 1 heterocycles. The number of aliphatic hydroxyl groups excluding tert-OH is 1. The maximum absolute atomic E-state index is 14.1. The molecule has 2 unspecified atom stereocenters. The number of aromatic amines is 1. The Labute approximate surface area is 247 Å². The van der Waals surface area contributed by atoms with Gasteiger partial charge in [-0.05, 0) is 59.6 Å². The summed E-state index contributed by atoms with van der Waals surface area (Å²) >= 11 is 0. The van der Waals surface area contributed by atoms with Gasteiger partial charge in [0.1, 0.15) is 11.7 Å². The molecule has 0 aliphatic heterocycles. The van der Waals surface area contributed by atoms with Gasteiger partial charge in [0.25, 0.3) is 0 Å². The second-order valence-electron chi connectivity index (χ2n) is 11.2. The fraction of sp³-hybridized carbons (Fsp3) is 0.621. The molecule has 1 aromatic heterocycles. The fourth-order valence-corrected chi connectivity index (χ4v) is 6.74. The van der Waals surface area contributed by atoms with Crippen LogP contribution in [0, 0.1) is 5.41 Å². The van der Waals surface area contributed by atoms with Crippen LogP contribution in [0.15, 0.2) is 24.3 Å². The first-order valence-electron chi connectivity index (χ1n) is 13.9. The number of nitrogens with one attached hydrogen (secondary N) is 2. The zero-order valence-electron chi connectivity index (χ0n) is 25.9. The fourth-order valence-electron chi connectivity index (χ4n) is 4.75. The molecule has 0 radical (unpaired) electrons. The number of amides is 1. The Balaban J connectivity index is 2.84. The molecule has 0 aliphatic carbocycles. The molecule has 0 aliphatic rings. The lowest BCUT2D eigenvalue weighted by Crippen LogP contribution is -2.56. The van der Waals surface area contributed by atoms with Crippen LogP contribution in [0.4, 0.5) is 4.79 Å². The molecule has 0 saturated heterocycles. The highest BCUT2D eigenvalue weighted by atomic mass is 31.2. The Morgan fingerprint density at radius 3 is 2.17 bits per heavy atom. The minimum Gasteiger partial charge on any atom is -0.468 e. The number of hydrogen-bond donors (Lipinski definition) is 3. The van der Waals surface area contributed by atoms with Crippen LogP contribution in [0.2, 0.25) is 0 Å². The summed E-state index contributed by atoms with van der Waals surface area (Å²) in [6.45, 7) is 12.5. The second-order valence-corrected chi connectivity index (χ2v) is 13.3. The van der Waals surface area contributed by atoms with E-state index in [9.17, 15) is 24.1 Å². The topological polar surface area (TPSA) is 162 Å². The highest BCUT2D eigenvalue weighted by Gasteiger charge is 2.48. The van der Waals surface area contributed by atoms with E-state index in [-0.39, 0.29) is 25.3 Å². The number of esters is 2. The summed E-state index contributed by atoms with van der Waals surface area (Å²) in [6, 6.07) is 6.26. The van der Waals surface area contributed by atoms with Gasteiger partial charge < -0.3 is 38.7 Å². The van der Waals surface area contributed by atoms with Crippen molar-refractivity contribution in [3.63, 3.8) is 0 Å². The van der Waals surface area contributed by atoms with E-state index in [0.717, 1.165) is 0 Å². The standard InChI is InChI=1S/C29H45N2O10P/c1-10-38-42(36,39-11-2)25(26(34)37-9)24-21(20-14-12-13-15-22(20)30-24)16-23(31-27(35)41-28(5,6)7)29(8,17-32)18(3)40-19(4)33/h12-15,18,23,25,30,32H,10-11,16-17H2,1-9H3,(H,31,35)/t18?,23-,25?,29-/m0/s1. The minimum absolute atomic E-state index is 0.00560. The largest absolute Gasteiger partial charge is 0.468 e. The highest BCUT2D eigenvalue weighted by molar-refractivity contribution is 7.55. The molecule has 2 aromatic rings. The third-order valence-corrected chi connectivity index (χ3v) is 9.32. The Bertz CT molecular complexity index is 1280. The van der Waals surface area contributed by atoms with Gasteiger partial charge in [-0.25, -0.2) is 4.79 Å². The molecule has 13 heteroatoms. The number of hydrogen-bond acceptors (Lipinski definition) is 10. The monoisotopic (exact) mass is 612 g/mol. The summed E-state index contributed by atoms with van der Waals surface area (Å²) in [5, 5.41) is 14.2. The first-order valence-corrected chi connectivity index (χ1v) is 15.5. The summed E-state index contributed by atoms with van der Waals surface area (Å²) < 4.78 is 41.3. The number of carbonyl (C=O) groups excluding carboxylic acids is 3. The number of H-pyrrole nitrogens is 1. The van der Waals surface area contributed by atoms with E-state index in [1.54, 1.807) is 66.7 Å². The smallest absolute Gasteiger partial charge is 0.407 e. The van der Waals surface area contributed by atoms with Gasteiger partial charge in [0.2, 0.25) is 0 Å². The van der Waals surface area contributed by atoms with Gasteiger partial charge in [0.15, 0.2) is 5.66 Å². The van der Waals surface area contributed by atoms with Crippen molar-refractivity contribution in [3.05, 3.63) is 35.5 Å². The molecule has 236 valence electrons. The van der Waals surface area contributed by atoms with Crippen LogP contribution in [0.1, 0.15) is 72.3 Å². The van der Waals surface area contributed by atoms with E-state index in [0.29, 0.717) is 16.5 Å². The van der Waals surface area contributed by atoms with Gasteiger partial charge in [0, 0.05) is 35.0 Å². The van der Waals surface area contributed by atoms with E-state index < -0.39 is 61.1 Å². The highest BCUT2D eigenvalue weighted by Crippen LogP contribution is 2.62. The summed E-state index contributed by atoms with van der Waals surface area (Å²) in [5.41, 5.74) is -2.22. The van der Waals surface area contributed by atoms with Gasteiger partial charge in [-0.3, -0.25) is 14.2 Å². The molecule has 2 rings (SSSR count). The third-order valence-electron chi connectivity index (χ3n) is 6.99. The molecule has 12 nitrogen and oxygen atoms in total. The van der Waals surface area contributed by atoms with Crippen LogP contribution in [-0.2, 0) is 43.8 Å². The Kier molecular flexibility index (Phi) is 12.2. The van der Waals surface area contributed by atoms with Gasteiger partial charge in [0.05, 0.1) is 26.9 Å². The number of rotatable bonds is 14.